The van der Waals surface area contributed by atoms with Gasteiger partial charge in [0.15, 0.2) is 0 Å². The van der Waals surface area contributed by atoms with Crippen LogP contribution in [0, 0.1) is 0 Å². The van der Waals surface area contributed by atoms with Gasteiger partial charge in [-0.15, -0.1) is 0 Å². The van der Waals surface area contributed by atoms with Gasteiger partial charge >= 0.3 is 0 Å². The van der Waals surface area contributed by atoms with Crippen molar-refractivity contribution in [1.82, 2.24) is 14.9 Å². The molecule has 5 nitrogen and oxygen atoms in total. The van der Waals surface area contributed by atoms with Gasteiger partial charge in [0.1, 0.15) is 11.6 Å². The third kappa shape index (κ3) is 7.45. The highest BCUT2D eigenvalue weighted by molar-refractivity contribution is 9.10. The number of aromatic nitrogens is 2. The van der Waals surface area contributed by atoms with Gasteiger partial charge in [-0.05, 0) is 79.6 Å². The molecular weight excluding hydrogens is 526 g/mol. The van der Waals surface area contributed by atoms with E-state index in [4.69, 9.17) is 9.72 Å². The van der Waals surface area contributed by atoms with Crippen LogP contribution in [0.4, 0.5) is 0 Å². The predicted molar refractivity (Wildman–Crippen MR) is 154 cm³/mol. The van der Waals surface area contributed by atoms with Gasteiger partial charge in [-0.25, -0.2) is 4.98 Å². The Bertz CT molecular complexity index is 1300. The lowest BCUT2D eigenvalue weighted by Gasteiger charge is -2.12. The Morgan fingerprint density at radius 2 is 1.84 bits per heavy atom. The molecule has 0 bridgehead atoms. The van der Waals surface area contributed by atoms with Gasteiger partial charge < -0.3 is 14.6 Å². The van der Waals surface area contributed by atoms with Gasteiger partial charge in [0.2, 0.25) is 0 Å². The summed E-state index contributed by atoms with van der Waals surface area (Å²) < 4.78 is 9.22. The van der Waals surface area contributed by atoms with E-state index in [0.29, 0.717) is 24.6 Å². The SMILES string of the molecule is CCC(C)c1ccc(OCCCCn2c(CCCNC(=O)c3cccc(Br)c3)nc3ccccc32)cc1. The molecule has 0 aliphatic heterocycles. The quantitative estimate of drug-likeness (QED) is 0.171. The van der Waals surface area contributed by atoms with E-state index >= 15 is 0 Å². The highest BCUT2D eigenvalue weighted by Gasteiger charge is 2.11. The second-order valence-electron chi connectivity index (χ2n) is 9.47. The van der Waals surface area contributed by atoms with Crippen molar-refractivity contribution in [2.45, 2.75) is 58.4 Å². The minimum Gasteiger partial charge on any atom is -0.494 e. The average Bonchev–Trinajstić information content (AvgIpc) is 3.28. The second kappa shape index (κ2) is 13.4. The molecule has 1 amide bonds. The fraction of sp³-hybridized carbons (Fsp3) is 0.355. The highest BCUT2D eigenvalue weighted by atomic mass is 79.9. The van der Waals surface area contributed by atoms with Crippen LogP contribution in [-0.4, -0.2) is 28.6 Å². The smallest absolute Gasteiger partial charge is 0.251 e. The van der Waals surface area contributed by atoms with Crippen LogP contribution >= 0.6 is 15.9 Å². The highest BCUT2D eigenvalue weighted by Crippen LogP contribution is 2.22. The monoisotopic (exact) mass is 561 g/mol. The number of ether oxygens (including phenoxy) is 1. The molecule has 1 N–H and O–H groups in total. The van der Waals surface area contributed by atoms with Gasteiger partial charge in [-0.2, -0.15) is 0 Å². The maximum absolute atomic E-state index is 12.4. The van der Waals surface area contributed by atoms with E-state index in [1.165, 1.54) is 5.56 Å². The van der Waals surface area contributed by atoms with Crippen LogP contribution in [0.2, 0.25) is 0 Å². The molecule has 1 aromatic heterocycles. The average molecular weight is 563 g/mol. The number of benzene rings is 3. The number of imidazole rings is 1. The molecule has 0 saturated carbocycles. The number of para-hydroxylation sites is 2. The lowest BCUT2D eigenvalue weighted by atomic mass is 9.99. The Kier molecular flexibility index (Phi) is 9.78. The number of amides is 1. The van der Waals surface area contributed by atoms with E-state index in [-0.39, 0.29) is 5.91 Å². The first-order valence-electron chi connectivity index (χ1n) is 13.3. The van der Waals surface area contributed by atoms with Gasteiger partial charge in [-0.3, -0.25) is 4.79 Å². The van der Waals surface area contributed by atoms with Crippen molar-refractivity contribution >= 4 is 32.9 Å². The van der Waals surface area contributed by atoms with Gasteiger partial charge in [-0.1, -0.05) is 60.1 Å². The maximum atomic E-state index is 12.4. The van der Waals surface area contributed by atoms with Gasteiger partial charge in [0, 0.05) is 29.5 Å². The summed E-state index contributed by atoms with van der Waals surface area (Å²) in [6, 6.07) is 24.3. The fourth-order valence-electron chi connectivity index (χ4n) is 4.44. The van der Waals surface area contributed by atoms with Crippen molar-refractivity contribution in [2.75, 3.05) is 13.2 Å². The molecule has 1 unspecified atom stereocenters. The first-order valence-corrected chi connectivity index (χ1v) is 14.0. The molecule has 37 heavy (non-hydrogen) atoms. The van der Waals surface area contributed by atoms with E-state index in [1.807, 2.05) is 30.3 Å². The molecule has 6 heteroatoms. The number of hydrogen-bond acceptors (Lipinski definition) is 3. The molecule has 3 aromatic carbocycles. The Balaban J connectivity index is 1.26. The Morgan fingerprint density at radius 1 is 1.03 bits per heavy atom. The summed E-state index contributed by atoms with van der Waals surface area (Å²) in [7, 11) is 0. The standard InChI is InChI=1S/C31H36BrN3O2/c1-3-23(2)24-15-17-27(18-16-24)37-21-7-6-20-35-29-13-5-4-12-28(29)34-30(35)14-9-19-33-31(36)25-10-8-11-26(32)22-25/h4-5,8,10-13,15-18,22-23H,3,6-7,9,14,19-21H2,1-2H3,(H,33,36). The Labute approximate surface area is 228 Å². The van der Waals surface area contributed by atoms with Crippen LogP contribution in [-0.2, 0) is 13.0 Å². The summed E-state index contributed by atoms with van der Waals surface area (Å²) in [6.07, 6.45) is 4.77. The molecule has 1 atom stereocenters. The molecule has 0 aliphatic carbocycles. The lowest BCUT2D eigenvalue weighted by molar-refractivity contribution is 0.0953. The molecule has 0 fully saturated rings. The van der Waals surface area contributed by atoms with Crippen LogP contribution in [0.1, 0.15) is 67.2 Å². The zero-order chi connectivity index (χ0) is 26.0. The number of unbranched alkanes of at least 4 members (excludes halogenated alkanes) is 1. The fourth-order valence-corrected chi connectivity index (χ4v) is 4.84. The third-order valence-corrected chi connectivity index (χ3v) is 7.28. The number of hydrogen-bond donors (Lipinski definition) is 1. The zero-order valence-electron chi connectivity index (χ0n) is 21.8. The lowest BCUT2D eigenvalue weighted by Crippen LogP contribution is -2.25. The summed E-state index contributed by atoms with van der Waals surface area (Å²) in [5.41, 5.74) is 4.21. The molecule has 0 radical (unpaired) electrons. The van der Waals surface area contributed by atoms with Gasteiger partial charge in [0.25, 0.3) is 5.91 Å². The topological polar surface area (TPSA) is 56.1 Å². The van der Waals surface area contributed by atoms with Crippen molar-refractivity contribution < 1.29 is 9.53 Å². The molecular formula is C31H36BrN3O2. The van der Waals surface area contributed by atoms with Gasteiger partial charge in [0.05, 0.1) is 17.6 Å². The second-order valence-corrected chi connectivity index (χ2v) is 10.4. The number of rotatable bonds is 13. The first kappa shape index (κ1) is 26.9. The number of fused-ring (bicyclic) bond motifs is 1. The van der Waals surface area contributed by atoms with Crippen molar-refractivity contribution in [3.63, 3.8) is 0 Å². The number of halogens is 1. The summed E-state index contributed by atoms with van der Waals surface area (Å²) in [4.78, 5) is 17.3. The maximum Gasteiger partial charge on any atom is 0.251 e. The molecule has 0 aliphatic rings. The van der Waals surface area contributed by atoms with Crippen LogP contribution in [0.5, 0.6) is 5.75 Å². The van der Waals surface area contributed by atoms with E-state index in [2.05, 4.69) is 82.1 Å². The molecule has 0 spiro atoms. The first-order chi connectivity index (χ1) is 18.0. The summed E-state index contributed by atoms with van der Waals surface area (Å²) in [6.45, 7) is 6.68. The van der Waals surface area contributed by atoms with Crippen molar-refractivity contribution in [3.8, 4) is 5.75 Å². The molecule has 0 saturated heterocycles. The summed E-state index contributed by atoms with van der Waals surface area (Å²) in [5, 5.41) is 3.02. The largest absolute Gasteiger partial charge is 0.494 e. The van der Waals surface area contributed by atoms with E-state index in [9.17, 15) is 4.79 Å². The summed E-state index contributed by atoms with van der Waals surface area (Å²) in [5.74, 6) is 2.53. The van der Waals surface area contributed by atoms with Crippen molar-refractivity contribution in [1.29, 1.82) is 0 Å². The number of nitrogens with one attached hydrogen (secondary N) is 1. The van der Waals surface area contributed by atoms with Crippen LogP contribution in [0.15, 0.2) is 77.3 Å². The minimum atomic E-state index is -0.0516. The van der Waals surface area contributed by atoms with E-state index in [0.717, 1.165) is 65.7 Å². The normalized spacial score (nSPS) is 12.0. The molecule has 194 valence electrons. The van der Waals surface area contributed by atoms with E-state index in [1.54, 1.807) is 0 Å². The van der Waals surface area contributed by atoms with Crippen molar-refractivity contribution in [3.05, 3.63) is 94.2 Å². The number of carbonyl (C=O) groups excluding carboxylic acids is 1. The zero-order valence-corrected chi connectivity index (χ0v) is 23.3. The number of aryl methyl sites for hydroxylation is 2. The van der Waals surface area contributed by atoms with Crippen LogP contribution < -0.4 is 10.1 Å². The molecule has 1 heterocycles. The van der Waals surface area contributed by atoms with Crippen molar-refractivity contribution in [2.24, 2.45) is 0 Å². The molecule has 4 aromatic rings. The minimum absolute atomic E-state index is 0.0516. The Hall–Kier alpha value is -3.12. The Morgan fingerprint density at radius 3 is 2.62 bits per heavy atom. The predicted octanol–water partition coefficient (Wildman–Crippen LogP) is 7.53. The molecule has 4 rings (SSSR count). The number of nitrogens with zero attached hydrogens (tertiary/aromatic N) is 2. The van der Waals surface area contributed by atoms with E-state index < -0.39 is 0 Å². The summed E-state index contributed by atoms with van der Waals surface area (Å²) >= 11 is 3.42. The number of carbonyl (C=O) groups is 1. The van der Waals surface area contributed by atoms with Crippen LogP contribution in [0.3, 0.4) is 0 Å². The van der Waals surface area contributed by atoms with Crippen LogP contribution in [0.25, 0.3) is 11.0 Å². The third-order valence-electron chi connectivity index (χ3n) is 6.79.